The summed E-state index contributed by atoms with van der Waals surface area (Å²) in [6.07, 6.45) is 19.6. The fourth-order valence-electron chi connectivity index (χ4n) is 2.91. The van der Waals surface area contributed by atoms with E-state index in [4.69, 9.17) is 4.74 Å². The zero-order chi connectivity index (χ0) is 11.8. The van der Waals surface area contributed by atoms with Crippen molar-refractivity contribution >= 4 is 6.21 Å². The molecule has 2 heteroatoms. The van der Waals surface area contributed by atoms with Gasteiger partial charge in [-0.25, -0.2) is 0 Å². The fourth-order valence-corrected chi connectivity index (χ4v) is 2.91. The van der Waals surface area contributed by atoms with Crippen LogP contribution in [0.15, 0.2) is 17.5 Å². The second kappa shape index (κ2) is 7.52. The Bertz CT molecular complexity index is 248. The van der Waals surface area contributed by atoms with Crippen LogP contribution in [0.5, 0.6) is 0 Å². The van der Waals surface area contributed by atoms with Gasteiger partial charge in [0, 0.05) is 12.1 Å². The molecular weight excluding hydrogens is 210 g/mol. The number of rotatable bonds is 1. The molecule has 1 atom stereocenters. The second-order valence-electron chi connectivity index (χ2n) is 5.35. The lowest BCUT2D eigenvalue weighted by molar-refractivity contribution is 0.129. The fraction of sp³-hybridized carbons (Fsp3) is 0.800. The summed E-state index contributed by atoms with van der Waals surface area (Å²) in [6, 6.07) is 0. The molecule has 96 valence electrons. The quantitative estimate of drug-likeness (QED) is 0.657. The number of hydrogen-bond acceptors (Lipinski definition) is 2. The zero-order valence-electron chi connectivity index (χ0n) is 10.8. The molecule has 1 heterocycles. The second-order valence-corrected chi connectivity index (χ2v) is 5.35. The van der Waals surface area contributed by atoms with Crippen LogP contribution in [0.4, 0.5) is 0 Å². The van der Waals surface area contributed by atoms with Gasteiger partial charge in [-0.05, 0) is 12.8 Å². The van der Waals surface area contributed by atoms with Crippen LogP contribution in [0, 0.1) is 5.92 Å². The first-order valence-corrected chi connectivity index (χ1v) is 7.30. The summed E-state index contributed by atoms with van der Waals surface area (Å²) < 4.78 is 5.69. The summed E-state index contributed by atoms with van der Waals surface area (Å²) >= 11 is 0. The van der Waals surface area contributed by atoms with Crippen molar-refractivity contribution in [1.82, 2.24) is 0 Å². The molecule has 1 saturated carbocycles. The summed E-state index contributed by atoms with van der Waals surface area (Å²) in [5, 5.41) is 0. The van der Waals surface area contributed by atoms with Gasteiger partial charge in [-0.3, -0.25) is 4.99 Å². The number of hydrogen-bond donors (Lipinski definition) is 0. The van der Waals surface area contributed by atoms with E-state index in [9.17, 15) is 0 Å². The predicted octanol–water partition coefficient (Wildman–Crippen LogP) is 4.46. The molecule has 0 saturated heterocycles. The normalized spacial score (nSPS) is 28.4. The van der Waals surface area contributed by atoms with E-state index in [1.54, 1.807) is 12.5 Å². The van der Waals surface area contributed by atoms with Gasteiger partial charge >= 0.3 is 0 Å². The minimum absolute atomic E-state index is 0.237. The van der Waals surface area contributed by atoms with Crippen LogP contribution >= 0.6 is 0 Å². The van der Waals surface area contributed by atoms with Crippen LogP contribution in [0.1, 0.15) is 64.2 Å². The monoisotopic (exact) mass is 235 g/mol. The summed E-state index contributed by atoms with van der Waals surface area (Å²) in [4.78, 5) is 4.22. The molecule has 2 aliphatic rings. The maximum absolute atomic E-state index is 5.69. The molecule has 0 bridgehead atoms. The van der Waals surface area contributed by atoms with E-state index in [1.807, 2.05) is 6.21 Å². The van der Waals surface area contributed by atoms with Crippen molar-refractivity contribution in [1.29, 1.82) is 0 Å². The van der Waals surface area contributed by atoms with E-state index in [0.717, 1.165) is 0 Å². The predicted molar refractivity (Wildman–Crippen MR) is 72.2 cm³/mol. The highest BCUT2D eigenvalue weighted by Crippen LogP contribution is 2.25. The Labute approximate surface area is 105 Å². The first kappa shape index (κ1) is 12.7. The highest BCUT2D eigenvalue weighted by atomic mass is 16.5. The molecule has 0 N–H and O–H groups in total. The van der Waals surface area contributed by atoms with Crippen LogP contribution < -0.4 is 0 Å². The lowest BCUT2D eigenvalue weighted by Crippen LogP contribution is -2.25. The first-order valence-electron chi connectivity index (χ1n) is 7.30. The Hall–Kier alpha value is -0.790. The molecule has 2 nitrogen and oxygen atoms in total. The minimum Gasteiger partial charge on any atom is -0.490 e. The summed E-state index contributed by atoms with van der Waals surface area (Å²) in [5.41, 5.74) is 0. The number of ether oxygens (including phenoxy) is 1. The van der Waals surface area contributed by atoms with Crippen molar-refractivity contribution in [2.45, 2.75) is 70.3 Å². The van der Waals surface area contributed by atoms with Crippen LogP contribution in [-0.2, 0) is 4.74 Å². The van der Waals surface area contributed by atoms with Gasteiger partial charge in [0.15, 0.2) is 0 Å². The van der Waals surface area contributed by atoms with Gasteiger partial charge in [0.05, 0.1) is 6.20 Å². The minimum atomic E-state index is 0.237. The molecule has 0 amide bonds. The van der Waals surface area contributed by atoms with E-state index in [2.05, 4.69) is 4.99 Å². The molecule has 2 rings (SSSR count). The lowest BCUT2D eigenvalue weighted by atomic mass is 9.90. The van der Waals surface area contributed by atoms with E-state index >= 15 is 0 Å². The van der Waals surface area contributed by atoms with Crippen molar-refractivity contribution < 1.29 is 4.74 Å². The van der Waals surface area contributed by atoms with Crippen LogP contribution in [0.3, 0.4) is 0 Å². The highest BCUT2D eigenvalue weighted by Gasteiger charge is 2.21. The number of nitrogens with zero attached hydrogens (tertiary/aromatic N) is 1. The van der Waals surface area contributed by atoms with Gasteiger partial charge in [0.25, 0.3) is 0 Å². The molecule has 0 radical (unpaired) electrons. The Kier molecular flexibility index (Phi) is 5.60. The molecular formula is C15H25NO. The summed E-state index contributed by atoms with van der Waals surface area (Å²) in [7, 11) is 0. The Morgan fingerprint density at radius 1 is 0.824 bits per heavy atom. The van der Waals surface area contributed by atoms with Gasteiger partial charge < -0.3 is 4.74 Å². The average molecular weight is 235 g/mol. The Morgan fingerprint density at radius 2 is 1.41 bits per heavy atom. The summed E-state index contributed by atoms with van der Waals surface area (Å²) in [5.74, 6) is 0.682. The van der Waals surface area contributed by atoms with Crippen molar-refractivity contribution in [2.75, 3.05) is 0 Å². The van der Waals surface area contributed by atoms with Crippen molar-refractivity contribution in [3.8, 4) is 0 Å². The maximum Gasteiger partial charge on any atom is 0.136 e. The molecule has 0 spiro atoms. The molecule has 1 aliphatic heterocycles. The van der Waals surface area contributed by atoms with Crippen LogP contribution in [0.25, 0.3) is 0 Å². The van der Waals surface area contributed by atoms with E-state index < -0.39 is 0 Å². The van der Waals surface area contributed by atoms with Crippen molar-refractivity contribution in [3.05, 3.63) is 12.5 Å². The molecule has 17 heavy (non-hydrogen) atoms. The molecule has 1 fully saturated rings. The van der Waals surface area contributed by atoms with Crippen molar-refractivity contribution in [2.24, 2.45) is 10.9 Å². The lowest BCUT2D eigenvalue weighted by Gasteiger charge is -2.24. The molecule has 1 aliphatic carbocycles. The molecule has 0 aromatic carbocycles. The molecule has 1 unspecified atom stereocenters. The summed E-state index contributed by atoms with van der Waals surface area (Å²) in [6.45, 7) is 0. The third kappa shape index (κ3) is 4.53. The van der Waals surface area contributed by atoms with Gasteiger partial charge in [-0.1, -0.05) is 51.4 Å². The molecule has 0 aromatic heterocycles. The molecule has 0 aromatic rings. The third-order valence-corrected chi connectivity index (χ3v) is 3.98. The first-order chi connectivity index (χ1) is 8.47. The van der Waals surface area contributed by atoms with Crippen LogP contribution in [-0.4, -0.2) is 12.3 Å². The smallest absolute Gasteiger partial charge is 0.136 e. The standard InChI is InChI=1S/C15H25NO/c1-2-4-6-8-10-14(9-7-5-3-1)15-13-16-11-12-17-15/h11-15H,1-10H2. The van der Waals surface area contributed by atoms with E-state index in [1.165, 1.54) is 64.2 Å². The van der Waals surface area contributed by atoms with Crippen LogP contribution in [0.2, 0.25) is 0 Å². The topological polar surface area (TPSA) is 21.6 Å². The van der Waals surface area contributed by atoms with E-state index in [-0.39, 0.29) is 6.10 Å². The Morgan fingerprint density at radius 3 is 1.94 bits per heavy atom. The zero-order valence-corrected chi connectivity index (χ0v) is 10.8. The van der Waals surface area contributed by atoms with Crippen molar-refractivity contribution in [3.63, 3.8) is 0 Å². The highest BCUT2D eigenvalue weighted by molar-refractivity contribution is 5.65. The van der Waals surface area contributed by atoms with Gasteiger partial charge in [0.1, 0.15) is 12.4 Å². The largest absolute Gasteiger partial charge is 0.490 e. The number of aliphatic imine (C=N–C) groups is 1. The third-order valence-electron chi connectivity index (χ3n) is 3.98. The van der Waals surface area contributed by atoms with Gasteiger partial charge in [-0.15, -0.1) is 0 Å². The Balaban J connectivity index is 1.83. The maximum atomic E-state index is 5.69. The SMILES string of the molecule is C1=COC(C2CCCCCCCCCC2)C=N1. The van der Waals surface area contributed by atoms with Gasteiger partial charge in [0.2, 0.25) is 0 Å². The average Bonchev–Trinajstić information content (AvgIpc) is 2.45. The van der Waals surface area contributed by atoms with E-state index in [0.29, 0.717) is 5.92 Å². The van der Waals surface area contributed by atoms with Gasteiger partial charge in [-0.2, -0.15) is 0 Å².